The highest BCUT2D eigenvalue weighted by Crippen LogP contribution is 2.18. The van der Waals surface area contributed by atoms with E-state index in [0.717, 1.165) is 25.6 Å². The zero-order chi connectivity index (χ0) is 13.8. The molecule has 108 valence electrons. The van der Waals surface area contributed by atoms with Gasteiger partial charge in [0.15, 0.2) is 0 Å². The summed E-state index contributed by atoms with van der Waals surface area (Å²) < 4.78 is 1.89. The van der Waals surface area contributed by atoms with Crippen LogP contribution in [0.5, 0.6) is 0 Å². The summed E-state index contributed by atoms with van der Waals surface area (Å²) in [5.74, 6) is 0.738. The largest absolute Gasteiger partial charge is 0.312 e. The average Bonchev–Trinajstić information content (AvgIpc) is 2.71. The van der Waals surface area contributed by atoms with Crippen LogP contribution in [0.4, 0.5) is 0 Å². The van der Waals surface area contributed by atoms with Gasteiger partial charge in [0, 0.05) is 44.0 Å². The van der Waals surface area contributed by atoms with Crippen LogP contribution in [-0.2, 0) is 13.6 Å². The van der Waals surface area contributed by atoms with Gasteiger partial charge in [0.1, 0.15) is 0 Å². The number of nitrogens with zero attached hydrogens (tertiary/aromatic N) is 3. The molecule has 1 N–H and O–H groups in total. The first-order valence-electron chi connectivity index (χ1n) is 7.55. The fourth-order valence-electron chi connectivity index (χ4n) is 2.83. The van der Waals surface area contributed by atoms with Gasteiger partial charge in [-0.05, 0) is 25.8 Å². The van der Waals surface area contributed by atoms with Crippen molar-refractivity contribution in [2.45, 2.75) is 52.2 Å². The Hall–Kier alpha value is -0.870. The summed E-state index contributed by atoms with van der Waals surface area (Å²) in [5, 5.41) is 8.00. The molecule has 4 nitrogen and oxygen atoms in total. The zero-order valence-electron chi connectivity index (χ0n) is 12.8. The standard InChI is InChI=1S/C15H28N4/c1-5-12(2)15-11-19(13(3)6-7-16-15)10-14-8-17-18(4)9-14/h8-9,12-13,15-16H,5-7,10-11H2,1-4H3. The van der Waals surface area contributed by atoms with E-state index in [4.69, 9.17) is 0 Å². The highest BCUT2D eigenvalue weighted by atomic mass is 15.3. The maximum atomic E-state index is 4.28. The van der Waals surface area contributed by atoms with Crippen LogP contribution in [-0.4, -0.2) is 39.9 Å². The van der Waals surface area contributed by atoms with Crippen LogP contribution in [0.1, 0.15) is 39.2 Å². The van der Waals surface area contributed by atoms with Gasteiger partial charge in [-0.1, -0.05) is 20.3 Å². The first-order chi connectivity index (χ1) is 9.10. The van der Waals surface area contributed by atoms with Crippen molar-refractivity contribution in [1.29, 1.82) is 0 Å². The van der Waals surface area contributed by atoms with E-state index in [1.165, 1.54) is 18.4 Å². The van der Waals surface area contributed by atoms with Crippen molar-refractivity contribution in [3.63, 3.8) is 0 Å². The van der Waals surface area contributed by atoms with Crippen molar-refractivity contribution in [3.8, 4) is 0 Å². The summed E-state index contributed by atoms with van der Waals surface area (Å²) in [4.78, 5) is 2.60. The lowest BCUT2D eigenvalue weighted by atomic mass is 9.98. The Morgan fingerprint density at radius 1 is 1.53 bits per heavy atom. The third-order valence-electron chi connectivity index (χ3n) is 4.50. The Morgan fingerprint density at radius 2 is 2.32 bits per heavy atom. The lowest BCUT2D eigenvalue weighted by Crippen LogP contribution is -2.43. The molecule has 1 fully saturated rings. The molecule has 0 amide bonds. The van der Waals surface area contributed by atoms with E-state index in [1.807, 2.05) is 17.9 Å². The van der Waals surface area contributed by atoms with E-state index < -0.39 is 0 Å². The minimum Gasteiger partial charge on any atom is -0.312 e. The molecule has 2 rings (SSSR count). The fourth-order valence-corrected chi connectivity index (χ4v) is 2.83. The Balaban J connectivity index is 2.02. The molecule has 1 aliphatic heterocycles. The van der Waals surface area contributed by atoms with Crippen LogP contribution in [0.3, 0.4) is 0 Å². The van der Waals surface area contributed by atoms with E-state index in [0.29, 0.717) is 12.1 Å². The lowest BCUT2D eigenvalue weighted by molar-refractivity contribution is 0.180. The molecule has 19 heavy (non-hydrogen) atoms. The minimum absolute atomic E-state index is 0.617. The topological polar surface area (TPSA) is 33.1 Å². The van der Waals surface area contributed by atoms with Crippen molar-refractivity contribution in [2.75, 3.05) is 13.1 Å². The quantitative estimate of drug-likeness (QED) is 0.903. The fraction of sp³-hybridized carbons (Fsp3) is 0.800. The Kier molecular flexibility index (Phi) is 4.99. The van der Waals surface area contributed by atoms with E-state index in [2.05, 4.69) is 42.3 Å². The molecule has 3 atom stereocenters. The Labute approximate surface area is 117 Å². The van der Waals surface area contributed by atoms with Crippen LogP contribution < -0.4 is 5.32 Å². The van der Waals surface area contributed by atoms with E-state index in [9.17, 15) is 0 Å². The van der Waals surface area contributed by atoms with Gasteiger partial charge in [-0.3, -0.25) is 9.58 Å². The van der Waals surface area contributed by atoms with Gasteiger partial charge in [0.05, 0.1) is 6.20 Å². The van der Waals surface area contributed by atoms with E-state index in [-0.39, 0.29) is 0 Å². The smallest absolute Gasteiger partial charge is 0.0534 e. The summed E-state index contributed by atoms with van der Waals surface area (Å²) in [5.41, 5.74) is 1.32. The van der Waals surface area contributed by atoms with Crippen molar-refractivity contribution >= 4 is 0 Å². The summed E-state index contributed by atoms with van der Waals surface area (Å²) >= 11 is 0. The SMILES string of the molecule is CCC(C)C1CN(Cc2cnn(C)c2)C(C)CCN1. The first-order valence-corrected chi connectivity index (χ1v) is 7.55. The monoisotopic (exact) mass is 264 g/mol. The summed E-state index contributed by atoms with van der Waals surface area (Å²) in [6, 6.07) is 1.26. The molecular weight excluding hydrogens is 236 g/mol. The predicted molar refractivity (Wildman–Crippen MR) is 78.9 cm³/mol. The molecule has 1 saturated heterocycles. The van der Waals surface area contributed by atoms with E-state index in [1.54, 1.807) is 0 Å². The molecule has 0 aromatic carbocycles. The molecule has 0 aliphatic carbocycles. The molecule has 0 spiro atoms. The minimum atomic E-state index is 0.617. The van der Waals surface area contributed by atoms with Gasteiger partial charge >= 0.3 is 0 Å². The second kappa shape index (κ2) is 6.53. The van der Waals surface area contributed by atoms with Gasteiger partial charge in [-0.2, -0.15) is 5.10 Å². The third-order valence-corrected chi connectivity index (χ3v) is 4.50. The normalized spacial score (nSPS) is 27.2. The van der Waals surface area contributed by atoms with Gasteiger partial charge in [-0.25, -0.2) is 0 Å². The van der Waals surface area contributed by atoms with Crippen molar-refractivity contribution in [2.24, 2.45) is 13.0 Å². The summed E-state index contributed by atoms with van der Waals surface area (Å²) in [6.07, 6.45) is 6.59. The molecular formula is C15H28N4. The van der Waals surface area contributed by atoms with Crippen LogP contribution in [0.15, 0.2) is 12.4 Å². The van der Waals surface area contributed by atoms with Crippen LogP contribution in [0.2, 0.25) is 0 Å². The Bertz CT molecular complexity index is 387. The summed E-state index contributed by atoms with van der Waals surface area (Å²) in [7, 11) is 1.98. The number of rotatable bonds is 4. The first kappa shape index (κ1) is 14.5. The van der Waals surface area contributed by atoms with Crippen molar-refractivity contribution in [1.82, 2.24) is 20.0 Å². The van der Waals surface area contributed by atoms with Crippen LogP contribution in [0.25, 0.3) is 0 Å². The number of aryl methyl sites for hydroxylation is 1. The second-order valence-electron chi connectivity index (χ2n) is 6.04. The predicted octanol–water partition coefficient (Wildman–Crippen LogP) is 2.02. The number of hydrogen-bond acceptors (Lipinski definition) is 3. The number of nitrogens with one attached hydrogen (secondary N) is 1. The molecule has 0 bridgehead atoms. The van der Waals surface area contributed by atoms with Crippen molar-refractivity contribution in [3.05, 3.63) is 18.0 Å². The Morgan fingerprint density at radius 3 is 2.95 bits per heavy atom. The van der Waals surface area contributed by atoms with Crippen LogP contribution in [0, 0.1) is 5.92 Å². The van der Waals surface area contributed by atoms with Gasteiger partial charge < -0.3 is 5.32 Å². The molecule has 1 aromatic rings. The maximum absolute atomic E-state index is 4.28. The number of aromatic nitrogens is 2. The average molecular weight is 264 g/mol. The highest BCUT2D eigenvalue weighted by Gasteiger charge is 2.25. The van der Waals surface area contributed by atoms with E-state index >= 15 is 0 Å². The molecule has 2 heterocycles. The summed E-state index contributed by atoms with van der Waals surface area (Å²) in [6.45, 7) is 10.3. The number of hydrogen-bond donors (Lipinski definition) is 1. The second-order valence-corrected chi connectivity index (χ2v) is 6.04. The molecule has 4 heteroatoms. The maximum Gasteiger partial charge on any atom is 0.0534 e. The molecule has 1 aliphatic rings. The molecule has 1 aromatic heterocycles. The third kappa shape index (κ3) is 3.80. The zero-order valence-corrected chi connectivity index (χ0v) is 12.8. The van der Waals surface area contributed by atoms with Crippen molar-refractivity contribution < 1.29 is 0 Å². The van der Waals surface area contributed by atoms with Gasteiger partial charge in [0.2, 0.25) is 0 Å². The van der Waals surface area contributed by atoms with Gasteiger partial charge in [-0.15, -0.1) is 0 Å². The molecule has 0 saturated carbocycles. The van der Waals surface area contributed by atoms with Crippen LogP contribution >= 0.6 is 0 Å². The lowest BCUT2D eigenvalue weighted by Gasteiger charge is -2.30. The van der Waals surface area contributed by atoms with Gasteiger partial charge in [0.25, 0.3) is 0 Å². The molecule has 3 unspecified atom stereocenters. The molecule has 0 radical (unpaired) electrons. The highest BCUT2D eigenvalue weighted by molar-refractivity contribution is 5.04.